The zero-order chi connectivity index (χ0) is 13.8. The molecule has 2 aromatic rings. The maximum Gasteiger partial charge on any atom is 0.109 e. The first-order valence-electron chi connectivity index (χ1n) is 7.31. The first kappa shape index (κ1) is 14.1. The van der Waals surface area contributed by atoms with Crippen LogP contribution in [0.15, 0.2) is 18.2 Å². The molecule has 0 saturated heterocycles. The lowest BCUT2D eigenvalue weighted by Gasteiger charge is -2.10. The van der Waals surface area contributed by atoms with Gasteiger partial charge in [0.1, 0.15) is 5.82 Å². The van der Waals surface area contributed by atoms with Gasteiger partial charge in [-0.1, -0.05) is 19.9 Å². The van der Waals surface area contributed by atoms with Gasteiger partial charge in [-0.05, 0) is 49.9 Å². The second-order valence-electron chi connectivity index (χ2n) is 5.55. The smallest absolute Gasteiger partial charge is 0.109 e. The van der Waals surface area contributed by atoms with Crippen molar-refractivity contribution in [1.29, 1.82) is 0 Å². The molecule has 0 fully saturated rings. The maximum atomic E-state index is 5.70. The van der Waals surface area contributed by atoms with Crippen LogP contribution in [-0.2, 0) is 13.0 Å². The number of imidazole rings is 1. The Morgan fingerprint density at radius 1 is 1.37 bits per heavy atom. The fourth-order valence-electron chi connectivity index (χ4n) is 2.45. The van der Waals surface area contributed by atoms with Crippen molar-refractivity contribution in [2.24, 2.45) is 11.7 Å². The van der Waals surface area contributed by atoms with Crippen LogP contribution in [0, 0.1) is 12.8 Å². The summed E-state index contributed by atoms with van der Waals surface area (Å²) in [7, 11) is 0. The van der Waals surface area contributed by atoms with E-state index >= 15 is 0 Å². The molecule has 0 spiro atoms. The van der Waals surface area contributed by atoms with Crippen LogP contribution >= 0.6 is 0 Å². The van der Waals surface area contributed by atoms with E-state index in [0.29, 0.717) is 5.92 Å². The van der Waals surface area contributed by atoms with Gasteiger partial charge >= 0.3 is 0 Å². The van der Waals surface area contributed by atoms with Crippen molar-refractivity contribution in [2.75, 3.05) is 6.54 Å². The van der Waals surface area contributed by atoms with Crippen LogP contribution < -0.4 is 5.73 Å². The molecule has 3 nitrogen and oxygen atoms in total. The van der Waals surface area contributed by atoms with Gasteiger partial charge in [-0.25, -0.2) is 4.98 Å². The molecule has 0 radical (unpaired) electrons. The van der Waals surface area contributed by atoms with E-state index in [2.05, 4.69) is 43.5 Å². The Morgan fingerprint density at radius 2 is 2.16 bits per heavy atom. The number of benzene rings is 1. The second kappa shape index (κ2) is 6.20. The Morgan fingerprint density at radius 3 is 2.84 bits per heavy atom. The number of hydrogen-bond acceptors (Lipinski definition) is 2. The highest BCUT2D eigenvalue weighted by atomic mass is 15.1. The number of hydrogen-bond donors (Lipinski definition) is 1. The molecule has 0 bridgehead atoms. The summed E-state index contributed by atoms with van der Waals surface area (Å²) in [5, 5.41) is 0. The molecule has 0 saturated carbocycles. The van der Waals surface area contributed by atoms with Crippen molar-refractivity contribution in [3.63, 3.8) is 0 Å². The van der Waals surface area contributed by atoms with E-state index in [-0.39, 0.29) is 0 Å². The largest absolute Gasteiger partial charge is 0.330 e. The summed E-state index contributed by atoms with van der Waals surface area (Å²) in [4.78, 5) is 4.82. The minimum absolute atomic E-state index is 0.566. The third kappa shape index (κ3) is 3.16. The highest BCUT2D eigenvalue weighted by Gasteiger charge is 2.11. The Labute approximate surface area is 115 Å². The molecule has 19 heavy (non-hydrogen) atoms. The number of aromatic nitrogens is 2. The van der Waals surface area contributed by atoms with E-state index in [4.69, 9.17) is 10.7 Å². The lowest BCUT2D eigenvalue weighted by molar-refractivity contribution is 0.523. The summed E-state index contributed by atoms with van der Waals surface area (Å²) < 4.78 is 2.37. The van der Waals surface area contributed by atoms with Gasteiger partial charge in [0.25, 0.3) is 0 Å². The standard InChI is InChI=1S/C16H25N3/c1-4-9-19-15-7-5-12(2)10-14(15)18-16(19)8-6-13(3)11-17/h5,7,10,13H,4,6,8-9,11,17H2,1-3H3. The summed E-state index contributed by atoms with van der Waals surface area (Å²) in [6.07, 6.45) is 3.27. The van der Waals surface area contributed by atoms with Crippen molar-refractivity contribution in [2.45, 2.75) is 46.6 Å². The molecule has 1 aromatic carbocycles. The van der Waals surface area contributed by atoms with Crippen LogP contribution in [0.1, 0.15) is 38.1 Å². The predicted molar refractivity (Wildman–Crippen MR) is 81.3 cm³/mol. The Balaban J connectivity index is 2.32. The lowest BCUT2D eigenvalue weighted by atomic mass is 10.1. The van der Waals surface area contributed by atoms with Crippen molar-refractivity contribution in [3.8, 4) is 0 Å². The first-order valence-corrected chi connectivity index (χ1v) is 7.31. The van der Waals surface area contributed by atoms with Gasteiger partial charge in [0, 0.05) is 13.0 Å². The zero-order valence-corrected chi connectivity index (χ0v) is 12.3. The number of nitrogens with zero attached hydrogens (tertiary/aromatic N) is 2. The van der Waals surface area contributed by atoms with Crippen molar-refractivity contribution >= 4 is 11.0 Å². The number of nitrogens with two attached hydrogens (primary N) is 1. The number of aryl methyl sites for hydroxylation is 3. The Bertz CT molecular complexity index is 542. The van der Waals surface area contributed by atoms with Crippen LogP contribution in [0.4, 0.5) is 0 Å². The quantitative estimate of drug-likeness (QED) is 0.865. The molecule has 2 rings (SSSR count). The van der Waals surface area contributed by atoms with Gasteiger partial charge in [-0.3, -0.25) is 0 Å². The SMILES string of the molecule is CCCn1c(CCC(C)CN)nc2cc(C)ccc21. The van der Waals surface area contributed by atoms with E-state index < -0.39 is 0 Å². The van der Waals surface area contributed by atoms with Crippen LogP contribution in [0.5, 0.6) is 0 Å². The van der Waals surface area contributed by atoms with Crippen LogP contribution in [-0.4, -0.2) is 16.1 Å². The third-order valence-corrected chi connectivity index (χ3v) is 3.69. The summed E-state index contributed by atoms with van der Waals surface area (Å²) in [5.74, 6) is 1.78. The topological polar surface area (TPSA) is 43.8 Å². The summed E-state index contributed by atoms with van der Waals surface area (Å²) in [6, 6.07) is 6.54. The molecular weight excluding hydrogens is 234 g/mol. The molecule has 0 aliphatic heterocycles. The Hall–Kier alpha value is -1.35. The molecule has 104 valence electrons. The van der Waals surface area contributed by atoms with E-state index in [9.17, 15) is 0 Å². The first-order chi connectivity index (χ1) is 9.15. The molecule has 1 atom stereocenters. The van der Waals surface area contributed by atoms with Gasteiger partial charge in [0.2, 0.25) is 0 Å². The molecule has 0 aliphatic rings. The van der Waals surface area contributed by atoms with Gasteiger partial charge in [-0.2, -0.15) is 0 Å². The average Bonchev–Trinajstić information content (AvgIpc) is 2.73. The second-order valence-corrected chi connectivity index (χ2v) is 5.55. The predicted octanol–water partition coefficient (Wildman–Crippen LogP) is 3.28. The molecule has 0 aliphatic carbocycles. The molecule has 1 unspecified atom stereocenters. The van der Waals surface area contributed by atoms with Crippen molar-refractivity contribution in [1.82, 2.24) is 9.55 Å². The maximum absolute atomic E-state index is 5.70. The minimum Gasteiger partial charge on any atom is -0.330 e. The van der Waals surface area contributed by atoms with Crippen LogP contribution in [0.3, 0.4) is 0 Å². The number of fused-ring (bicyclic) bond motifs is 1. The molecular formula is C16H25N3. The van der Waals surface area contributed by atoms with E-state index in [1.54, 1.807) is 0 Å². The van der Waals surface area contributed by atoms with Gasteiger partial charge < -0.3 is 10.3 Å². The number of rotatable bonds is 6. The molecule has 0 amide bonds. The normalized spacial score (nSPS) is 13.1. The van der Waals surface area contributed by atoms with Gasteiger partial charge in [0.05, 0.1) is 11.0 Å². The molecule has 1 aromatic heterocycles. The fourth-order valence-corrected chi connectivity index (χ4v) is 2.45. The van der Waals surface area contributed by atoms with Crippen LogP contribution in [0.25, 0.3) is 11.0 Å². The molecule has 3 heteroatoms. The third-order valence-electron chi connectivity index (χ3n) is 3.69. The fraction of sp³-hybridized carbons (Fsp3) is 0.562. The lowest BCUT2D eigenvalue weighted by Crippen LogP contribution is -2.13. The molecule has 1 heterocycles. The molecule has 2 N–H and O–H groups in total. The highest BCUT2D eigenvalue weighted by Crippen LogP contribution is 2.20. The zero-order valence-electron chi connectivity index (χ0n) is 12.3. The van der Waals surface area contributed by atoms with E-state index in [0.717, 1.165) is 37.9 Å². The minimum atomic E-state index is 0.566. The monoisotopic (exact) mass is 259 g/mol. The van der Waals surface area contributed by atoms with Gasteiger partial charge in [-0.15, -0.1) is 0 Å². The Kier molecular flexibility index (Phi) is 4.59. The highest BCUT2D eigenvalue weighted by molar-refractivity contribution is 5.76. The van der Waals surface area contributed by atoms with Crippen LogP contribution in [0.2, 0.25) is 0 Å². The summed E-state index contributed by atoms with van der Waals surface area (Å²) >= 11 is 0. The van der Waals surface area contributed by atoms with Gasteiger partial charge in [0.15, 0.2) is 0 Å². The van der Waals surface area contributed by atoms with Crippen molar-refractivity contribution in [3.05, 3.63) is 29.6 Å². The van der Waals surface area contributed by atoms with E-state index in [1.807, 2.05) is 0 Å². The van der Waals surface area contributed by atoms with E-state index in [1.165, 1.54) is 16.9 Å². The average molecular weight is 259 g/mol. The summed E-state index contributed by atoms with van der Waals surface area (Å²) in [6.45, 7) is 8.34. The summed E-state index contributed by atoms with van der Waals surface area (Å²) in [5.41, 5.74) is 9.37. The van der Waals surface area contributed by atoms with Crippen molar-refractivity contribution < 1.29 is 0 Å².